The van der Waals surface area contributed by atoms with Gasteiger partial charge in [0.05, 0.1) is 22.3 Å². The van der Waals surface area contributed by atoms with Gasteiger partial charge >= 0.3 is 6.09 Å². The van der Waals surface area contributed by atoms with E-state index in [2.05, 4.69) is 24.0 Å². The fourth-order valence-corrected chi connectivity index (χ4v) is 6.41. The summed E-state index contributed by atoms with van der Waals surface area (Å²) in [5.74, 6) is -0.0218. The van der Waals surface area contributed by atoms with Gasteiger partial charge in [-0.25, -0.2) is 14.5 Å². The highest BCUT2D eigenvalue weighted by molar-refractivity contribution is 6.09. The molecule has 0 aliphatic carbocycles. The molecular weight excluding hydrogens is 620 g/mol. The number of benzene rings is 2. The number of pyridine rings is 1. The minimum absolute atomic E-state index is 0.144. The van der Waals surface area contributed by atoms with Crippen LogP contribution in [0.4, 0.5) is 10.5 Å². The minimum Gasteiger partial charge on any atom is -0.508 e. The maximum Gasteiger partial charge on any atom is 0.410 e. The lowest BCUT2D eigenvalue weighted by molar-refractivity contribution is -0.0370. The average Bonchev–Trinajstić information content (AvgIpc) is 3.45. The molecule has 0 saturated carbocycles. The first kappa shape index (κ1) is 34.0. The van der Waals surface area contributed by atoms with Gasteiger partial charge in [0.2, 0.25) is 0 Å². The van der Waals surface area contributed by atoms with Gasteiger partial charge in [-0.05, 0) is 101 Å². The van der Waals surface area contributed by atoms with Crippen LogP contribution < -0.4 is 4.90 Å². The number of anilines is 1. The molecule has 2 aromatic heterocycles. The zero-order chi connectivity index (χ0) is 34.9. The predicted octanol–water partition coefficient (Wildman–Crippen LogP) is 6.74. The van der Waals surface area contributed by atoms with Crippen LogP contribution in [-0.4, -0.2) is 94.2 Å². The number of fused-ring (bicyclic) bond motifs is 1. The van der Waals surface area contributed by atoms with Crippen molar-refractivity contribution in [3.8, 4) is 17.0 Å². The Morgan fingerprint density at radius 2 is 1.71 bits per heavy atom. The predicted molar refractivity (Wildman–Crippen MR) is 192 cm³/mol. The van der Waals surface area contributed by atoms with E-state index in [0.717, 1.165) is 41.6 Å². The van der Waals surface area contributed by atoms with Crippen molar-refractivity contribution in [1.29, 1.82) is 0 Å². The molecule has 2 aliphatic rings. The summed E-state index contributed by atoms with van der Waals surface area (Å²) < 4.78 is 13.6. The number of amides is 2. The zero-order valence-electron chi connectivity index (χ0n) is 29.3. The molecule has 0 radical (unpaired) electrons. The van der Waals surface area contributed by atoms with Crippen LogP contribution in [0.1, 0.15) is 73.4 Å². The van der Waals surface area contributed by atoms with Gasteiger partial charge in [-0.15, -0.1) is 0 Å². The van der Waals surface area contributed by atoms with Gasteiger partial charge in [0.25, 0.3) is 5.91 Å². The number of ether oxygens (including phenoxy) is 2. The van der Waals surface area contributed by atoms with Gasteiger partial charge in [0.15, 0.2) is 11.9 Å². The standard InChI is InChI=1S/C38H46N6O5/c1-25-26(10-9-11-32(25)41(5)6)15-18-30-34-29(36(46)42-19-21-43(22-20-42)37(47)49-38(2,3)4)24-31(27-13-16-28(45)17-14-27)39-35(34)44(40-30)33-12-7-8-23-48-33/h9-11,13-18,24,33,45H,7-8,12,19-23H2,1-6H3/b18-15+. The summed E-state index contributed by atoms with van der Waals surface area (Å²) in [6, 6.07) is 14.8. The maximum atomic E-state index is 14.6. The zero-order valence-corrected chi connectivity index (χ0v) is 29.3. The number of rotatable bonds is 6. The van der Waals surface area contributed by atoms with Gasteiger partial charge in [-0.3, -0.25) is 4.79 Å². The Balaban J connectivity index is 1.46. The fourth-order valence-electron chi connectivity index (χ4n) is 6.41. The molecule has 1 atom stereocenters. The van der Waals surface area contributed by atoms with E-state index in [1.54, 1.807) is 34.1 Å². The minimum atomic E-state index is -0.601. The molecule has 2 fully saturated rings. The molecule has 2 amide bonds. The molecule has 1 unspecified atom stereocenters. The topological polar surface area (TPSA) is 113 Å². The quantitative estimate of drug-likeness (QED) is 0.241. The van der Waals surface area contributed by atoms with E-state index in [9.17, 15) is 14.7 Å². The summed E-state index contributed by atoms with van der Waals surface area (Å²) in [4.78, 5) is 38.0. The van der Waals surface area contributed by atoms with Crippen LogP contribution in [0, 0.1) is 6.92 Å². The average molecular weight is 667 g/mol. The van der Waals surface area contributed by atoms with Crippen LogP contribution in [0.15, 0.2) is 48.5 Å². The lowest BCUT2D eigenvalue weighted by Gasteiger charge is -2.35. The molecule has 4 heterocycles. The molecule has 6 rings (SSSR count). The second-order valence-corrected chi connectivity index (χ2v) is 13.9. The molecule has 2 aromatic carbocycles. The number of aromatic nitrogens is 3. The third kappa shape index (κ3) is 7.41. The molecule has 258 valence electrons. The molecule has 11 heteroatoms. The molecule has 2 saturated heterocycles. The van der Waals surface area contributed by atoms with Crippen molar-refractivity contribution >= 4 is 40.9 Å². The number of piperazine rings is 1. The maximum absolute atomic E-state index is 14.6. The van der Waals surface area contributed by atoms with Crippen molar-refractivity contribution in [3.05, 3.63) is 70.9 Å². The van der Waals surface area contributed by atoms with Gasteiger partial charge in [-0.2, -0.15) is 5.10 Å². The van der Waals surface area contributed by atoms with Gasteiger partial charge < -0.3 is 29.3 Å². The molecule has 0 bridgehead atoms. The number of hydrogen-bond donors (Lipinski definition) is 1. The van der Waals surface area contributed by atoms with Crippen molar-refractivity contribution in [3.63, 3.8) is 0 Å². The van der Waals surface area contributed by atoms with Crippen LogP contribution in [0.2, 0.25) is 0 Å². The lowest BCUT2D eigenvalue weighted by Crippen LogP contribution is -2.51. The van der Waals surface area contributed by atoms with E-state index in [0.29, 0.717) is 60.8 Å². The molecule has 4 aromatic rings. The molecule has 2 aliphatic heterocycles. The molecule has 11 nitrogen and oxygen atoms in total. The monoisotopic (exact) mass is 666 g/mol. The van der Waals surface area contributed by atoms with E-state index < -0.39 is 5.60 Å². The largest absolute Gasteiger partial charge is 0.508 e. The highest BCUT2D eigenvalue weighted by Crippen LogP contribution is 2.34. The Bertz CT molecular complexity index is 1860. The van der Waals surface area contributed by atoms with Gasteiger partial charge in [0.1, 0.15) is 11.4 Å². The summed E-state index contributed by atoms with van der Waals surface area (Å²) in [6.07, 6.45) is 6.06. The first-order valence-corrected chi connectivity index (χ1v) is 17.0. The van der Waals surface area contributed by atoms with Crippen molar-refractivity contribution < 1.29 is 24.2 Å². The van der Waals surface area contributed by atoms with Gasteiger partial charge in [-0.1, -0.05) is 18.2 Å². The first-order valence-electron chi connectivity index (χ1n) is 17.0. The Kier molecular flexibility index (Phi) is 9.65. The van der Waals surface area contributed by atoms with Crippen LogP contribution in [0.5, 0.6) is 5.75 Å². The second kappa shape index (κ2) is 13.9. The number of carbonyl (C=O) groups excluding carboxylic acids is 2. The Labute approximate surface area is 287 Å². The van der Waals surface area contributed by atoms with E-state index in [4.69, 9.17) is 19.6 Å². The Hall–Kier alpha value is -4.90. The Morgan fingerprint density at radius 1 is 1.00 bits per heavy atom. The number of hydrogen-bond acceptors (Lipinski definition) is 8. The SMILES string of the molecule is Cc1c(/C=C/c2nn(C3CCCCO3)c3nc(-c4ccc(O)cc4)cc(C(=O)N4CCN(C(=O)OC(C)(C)C)CC4)c23)cccc1N(C)C. The summed E-state index contributed by atoms with van der Waals surface area (Å²) in [5.41, 5.74) is 5.70. The van der Waals surface area contributed by atoms with Crippen LogP contribution in [0.3, 0.4) is 0 Å². The van der Waals surface area contributed by atoms with Crippen molar-refractivity contribution in [1.82, 2.24) is 24.6 Å². The first-order chi connectivity index (χ1) is 23.4. The van der Waals surface area contributed by atoms with Crippen LogP contribution in [-0.2, 0) is 9.47 Å². The summed E-state index contributed by atoms with van der Waals surface area (Å²) in [6.45, 7) is 9.70. The Morgan fingerprint density at radius 3 is 2.37 bits per heavy atom. The van der Waals surface area contributed by atoms with Gasteiger partial charge in [0, 0.05) is 58.1 Å². The lowest BCUT2D eigenvalue weighted by atomic mass is 10.0. The number of aromatic hydroxyl groups is 1. The number of carbonyl (C=O) groups is 2. The number of nitrogens with zero attached hydrogens (tertiary/aromatic N) is 6. The second-order valence-electron chi connectivity index (χ2n) is 13.9. The summed E-state index contributed by atoms with van der Waals surface area (Å²) in [7, 11) is 4.05. The van der Waals surface area contributed by atoms with Crippen molar-refractivity contribution in [2.24, 2.45) is 0 Å². The highest BCUT2D eigenvalue weighted by Gasteiger charge is 2.31. The fraction of sp³-hybridized carbons (Fsp3) is 0.421. The number of phenols is 1. The summed E-state index contributed by atoms with van der Waals surface area (Å²) in [5, 5.41) is 15.7. The summed E-state index contributed by atoms with van der Waals surface area (Å²) >= 11 is 0. The van der Waals surface area contributed by atoms with Crippen molar-refractivity contribution in [2.45, 2.75) is 58.8 Å². The highest BCUT2D eigenvalue weighted by atomic mass is 16.6. The third-order valence-electron chi connectivity index (χ3n) is 8.98. The third-order valence-corrected chi connectivity index (χ3v) is 8.98. The van der Waals surface area contributed by atoms with E-state index in [1.807, 2.05) is 63.8 Å². The van der Waals surface area contributed by atoms with Crippen molar-refractivity contribution in [2.75, 3.05) is 51.8 Å². The smallest absolute Gasteiger partial charge is 0.410 e. The van der Waals surface area contributed by atoms with Crippen LogP contribution in [0.25, 0.3) is 34.4 Å². The van der Waals surface area contributed by atoms with E-state index in [1.165, 1.54) is 0 Å². The van der Waals surface area contributed by atoms with E-state index in [-0.39, 0.29) is 24.0 Å². The normalized spacial score (nSPS) is 17.1. The molecular formula is C38H46N6O5. The molecule has 49 heavy (non-hydrogen) atoms. The van der Waals surface area contributed by atoms with Crippen LogP contribution >= 0.6 is 0 Å². The molecule has 1 N–H and O–H groups in total. The number of phenolic OH excluding ortho intramolecular Hbond substituents is 1. The van der Waals surface area contributed by atoms with E-state index >= 15 is 0 Å². The molecule has 0 spiro atoms.